The van der Waals surface area contributed by atoms with Crippen molar-refractivity contribution in [3.8, 4) is 5.75 Å². The fraction of sp³-hybridized carbons (Fsp3) is 0.385. The number of carbonyl (C=O) groups excluding carboxylic acids is 1. The van der Waals surface area contributed by atoms with Crippen LogP contribution in [0.5, 0.6) is 5.75 Å². The molecular weight excluding hydrogens is 450 g/mol. The molecule has 0 saturated carbocycles. The minimum atomic E-state index is -3.45. The summed E-state index contributed by atoms with van der Waals surface area (Å²) in [5.74, 6) is 1.37. The quantitative estimate of drug-likeness (QED) is 0.531. The number of benzene rings is 2. The lowest BCUT2D eigenvalue weighted by Crippen LogP contribution is -2.49. The first-order valence-electron chi connectivity index (χ1n) is 11.5. The molecule has 1 aliphatic heterocycles. The van der Waals surface area contributed by atoms with Crippen LogP contribution < -0.4 is 9.64 Å². The van der Waals surface area contributed by atoms with Gasteiger partial charge in [0.15, 0.2) is 9.84 Å². The van der Waals surface area contributed by atoms with Crippen molar-refractivity contribution >= 4 is 32.5 Å². The molecule has 0 N–H and O–H groups in total. The molecule has 4 rings (SSSR count). The van der Waals surface area contributed by atoms with Crippen LogP contribution in [0.1, 0.15) is 29.8 Å². The number of piperazine rings is 1. The molecule has 1 aliphatic rings. The number of aryl methyl sites for hydroxylation is 1. The van der Waals surface area contributed by atoms with Crippen LogP contribution in [-0.4, -0.2) is 63.3 Å². The zero-order valence-corrected chi connectivity index (χ0v) is 20.9. The van der Waals surface area contributed by atoms with E-state index < -0.39 is 9.84 Å². The van der Waals surface area contributed by atoms with Gasteiger partial charge in [-0.3, -0.25) is 4.79 Å². The molecular formula is C26H31N3O4S. The number of carbonyl (C=O) groups is 1. The van der Waals surface area contributed by atoms with Crippen LogP contribution in [0.2, 0.25) is 0 Å². The highest BCUT2D eigenvalue weighted by atomic mass is 32.2. The second-order valence-electron chi connectivity index (χ2n) is 9.28. The molecule has 2 aromatic carbocycles. The summed E-state index contributed by atoms with van der Waals surface area (Å²) >= 11 is 0. The minimum absolute atomic E-state index is 0.113. The van der Waals surface area contributed by atoms with Gasteiger partial charge in [0.2, 0.25) is 0 Å². The fourth-order valence-electron chi connectivity index (χ4n) is 4.01. The number of rotatable bonds is 6. The second-order valence-corrected chi connectivity index (χ2v) is 11.3. The maximum atomic E-state index is 13.4. The number of nitrogens with zero attached hydrogens (tertiary/aromatic N) is 3. The highest BCUT2D eigenvalue weighted by Gasteiger charge is 2.26. The van der Waals surface area contributed by atoms with E-state index in [0.717, 1.165) is 23.0 Å². The van der Waals surface area contributed by atoms with Gasteiger partial charge in [0.1, 0.15) is 11.6 Å². The molecule has 3 aromatic rings. The molecule has 0 spiro atoms. The van der Waals surface area contributed by atoms with Crippen molar-refractivity contribution in [3.05, 3.63) is 59.7 Å². The van der Waals surface area contributed by atoms with E-state index in [9.17, 15) is 13.2 Å². The molecule has 0 atom stereocenters. The number of amides is 1. The van der Waals surface area contributed by atoms with Gasteiger partial charge in [0.25, 0.3) is 5.91 Å². The Morgan fingerprint density at radius 3 is 2.44 bits per heavy atom. The lowest BCUT2D eigenvalue weighted by atomic mass is 10.1. The van der Waals surface area contributed by atoms with Gasteiger partial charge < -0.3 is 14.5 Å². The number of hydrogen-bond donors (Lipinski definition) is 0. The maximum Gasteiger partial charge on any atom is 0.257 e. The number of pyridine rings is 1. The number of aromatic nitrogens is 1. The first-order chi connectivity index (χ1) is 16.1. The molecule has 180 valence electrons. The van der Waals surface area contributed by atoms with Crippen molar-refractivity contribution in [2.24, 2.45) is 5.92 Å². The Kier molecular flexibility index (Phi) is 6.79. The van der Waals surface area contributed by atoms with Gasteiger partial charge in [0, 0.05) is 37.8 Å². The highest BCUT2D eigenvalue weighted by Crippen LogP contribution is 2.26. The Morgan fingerprint density at radius 1 is 1.03 bits per heavy atom. The zero-order chi connectivity index (χ0) is 24.5. The monoisotopic (exact) mass is 481 g/mol. The average molecular weight is 482 g/mol. The van der Waals surface area contributed by atoms with Crippen LogP contribution in [0.3, 0.4) is 0 Å². The van der Waals surface area contributed by atoms with Crippen molar-refractivity contribution in [3.63, 3.8) is 0 Å². The van der Waals surface area contributed by atoms with Crippen LogP contribution in [-0.2, 0) is 9.84 Å². The average Bonchev–Trinajstić information content (AvgIpc) is 2.81. The number of ether oxygens (including phenoxy) is 1. The van der Waals surface area contributed by atoms with E-state index in [2.05, 4.69) is 30.0 Å². The summed E-state index contributed by atoms with van der Waals surface area (Å²) in [5, 5.41) is 1.11. The molecule has 0 radical (unpaired) electrons. The first-order valence-corrected chi connectivity index (χ1v) is 13.4. The van der Waals surface area contributed by atoms with Gasteiger partial charge >= 0.3 is 0 Å². The van der Waals surface area contributed by atoms with E-state index in [1.165, 1.54) is 17.7 Å². The predicted octanol–water partition coefficient (Wildman–Crippen LogP) is 3.94. The molecule has 1 saturated heterocycles. The van der Waals surface area contributed by atoms with Crippen molar-refractivity contribution in [2.75, 3.05) is 43.9 Å². The van der Waals surface area contributed by atoms with Gasteiger partial charge in [-0.2, -0.15) is 0 Å². The summed E-state index contributed by atoms with van der Waals surface area (Å²) in [5.41, 5.74) is 2.44. The minimum Gasteiger partial charge on any atom is -0.492 e. The Balaban J connectivity index is 1.52. The summed E-state index contributed by atoms with van der Waals surface area (Å²) in [6.07, 6.45) is 1.14. The van der Waals surface area contributed by atoms with Crippen LogP contribution in [0.4, 0.5) is 5.82 Å². The second kappa shape index (κ2) is 9.62. The lowest BCUT2D eigenvalue weighted by Gasteiger charge is -2.35. The van der Waals surface area contributed by atoms with Gasteiger partial charge in [0.05, 0.1) is 22.6 Å². The van der Waals surface area contributed by atoms with E-state index >= 15 is 0 Å². The topological polar surface area (TPSA) is 79.8 Å². The third-order valence-corrected chi connectivity index (χ3v) is 7.01. The van der Waals surface area contributed by atoms with Crippen molar-refractivity contribution in [1.29, 1.82) is 0 Å². The Labute approximate surface area is 201 Å². The normalized spacial score (nSPS) is 14.6. The SMILES string of the molecule is Cc1ccc2nc(N3CCN(C(=O)c4cc(S(C)(=O)=O)ccc4OCC(C)C)CC3)ccc2c1. The first kappa shape index (κ1) is 24.0. The van der Waals surface area contributed by atoms with Crippen LogP contribution in [0.15, 0.2) is 53.4 Å². The number of anilines is 1. The summed E-state index contributed by atoms with van der Waals surface area (Å²) < 4.78 is 30.0. The number of sulfone groups is 1. The molecule has 34 heavy (non-hydrogen) atoms. The van der Waals surface area contributed by atoms with E-state index in [-0.39, 0.29) is 22.3 Å². The van der Waals surface area contributed by atoms with Crippen LogP contribution >= 0.6 is 0 Å². The van der Waals surface area contributed by atoms with E-state index in [1.807, 2.05) is 26.0 Å². The maximum absolute atomic E-state index is 13.4. The summed E-state index contributed by atoms with van der Waals surface area (Å²) in [6.45, 7) is 8.86. The van der Waals surface area contributed by atoms with Gasteiger partial charge in [-0.15, -0.1) is 0 Å². The smallest absolute Gasteiger partial charge is 0.257 e. The molecule has 1 amide bonds. The Bertz CT molecular complexity index is 1310. The third-order valence-electron chi connectivity index (χ3n) is 5.90. The van der Waals surface area contributed by atoms with Gasteiger partial charge in [-0.25, -0.2) is 13.4 Å². The van der Waals surface area contributed by atoms with E-state index in [0.29, 0.717) is 38.5 Å². The van der Waals surface area contributed by atoms with Crippen molar-refractivity contribution < 1.29 is 17.9 Å². The molecule has 1 fully saturated rings. The van der Waals surface area contributed by atoms with Gasteiger partial charge in [-0.1, -0.05) is 25.5 Å². The molecule has 2 heterocycles. The molecule has 0 unspecified atom stereocenters. The number of hydrogen-bond acceptors (Lipinski definition) is 6. The summed E-state index contributed by atoms with van der Waals surface area (Å²) in [7, 11) is -3.45. The molecule has 0 aliphatic carbocycles. The molecule has 7 nitrogen and oxygen atoms in total. The van der Waals surface area contributed by atoms with Crippen LogP contribution in [0, 0.1) is 12.8 Å². The largest absolute Gasteiger partial charge is 0.492 e. The predicted molar refractivity (Wildman–Crippen MR) is 134 cm³/mol. The van der Waals surface area contributed by atoms with Crippen LogP contribution in [0.25, 0.3) is 10.9 Å². The standard InChI is InChI=1S/C26H31N3O4S/c1-18(2)17-33-24-9-7-21(34(4,31)32)16-22(24)26(30)29-13-11-28(12-14-29)25-10-6-20-15-19(3)5-8-23(20)27-25/h5-10,15-16,18H,11-14,17H2,1-4H3. The van der Waals surface area contributed by atoms with E-state index in [4.69, 9.17) is 9.72 Å². The summed E-state index contributed by atoms with van der Waals surface area (Å²) in [6, 6.07) is 14.8. The zero-order valence-electron chi connectivity index (χ0n) is 20.1. The molecule has 1 aromatic heterocycles. The fourth-order valence-corrected chi connectivity index (χ4v) is 4.66. The van der Waals surface area contributed by atoms with Crippen molar-refractivity contribution in [1.82, 2.24) is 9.88 Å². The summed E-state index contributed by atoms with van der Waals surface area (Å²) in [4.78, 5) is 22.2. The van der Waals surface area contributed by atoms with Gasteiger partial charge in [-0.05, 0) is 55.3 Å². The highest BCUT2D eigenvalue weighted by molar-refractivity contribution is 7.90. The van der Waals surface area contributed by atoms with E-state index in [1.54, 1.807) is 11.0 Å². The number of fused-ring (bicyclic) bond motifs is 1. The Morgan fingerprint density at radius 2 is 1.76 bits per heavy atom. The molecule has 8 heteroatoms. The lowest BCUT2D eigenvalue weighted by molar-refractivity contribution is 0.0741. The third kappa shape index (κ3) is 5.33. The Hall–Kier alpha value is -3.13. The molecule has 0 bridgehead atoms. The van der Waals surface area contributed by atoms with Crippen molar-refractivity contribution in [2.45, 2.75) is 25.7 Å².